The maximum Gasteiger partial charge on any atom is 2.00 e. The smallest absolute Gasteiger partial charge is 0.381 e. The molecule has 404 valence electrons. The second kappa shape index (κ2) is 53.7. The molecule has 4 bridgehead atoms. The van der Waals surface area contributed by atoms with Crippen molar-refractivity contribution >= 4 is 8.53 Å². The zero-order valence-electron chi connectivity index (χ0n) is 46.5. The van der Waals surface area contributed by atoms with E-state index >= 15 is 0 Å². The van der Waals surface area contributed by atoms with Crippen LogP contribution in [0.2, 0.25) is 0 Å². The van der Waals surface area contributed by atoms with E-state index in [1.807, 2.05) is 27.7 Å². The van der Waals surface area contributed by atoms with Gasteiger partial charge in [-0.2, -0.15) is 11.7 Å². The molecular weight excluding hydrogens is 1110 g/mol. The van der Waals surface area contributed by atoms with Crippen molar-refractivity contribution in [3.05, 3.63) is 43.6 Å². The largest absolute Gasteiger partial charge is 2.00 e. The standard InChI is InChI=1S/C26H46NO2.C12H24N2O2P.2C5H10.2C2H6.4CH3.2Fe.W/c1-2-27(16-5-19-29-22-26-13-8-24(21-26)9-14-26)15-4-18-28-17-3-10-25-11-6-23(20-25)7-12-25;1-6-9-15-17(16-10-7-8-13)14(11(2)3)12(4)5;2*1-2-4-5-3-1;2*1-2;;;;;;;/h23-24H,1-22H2;11-12H,1,6-7,9-10H2,2-5H3;2*1-5H2;2*1-2H3;4*1H3;;;/q2*-1;;;;;4*-1;3*+2. The van der Waals surface area contributed by atoms with E-state index in [0.29, 0.717) is 37.1 Å². The van der Waals surface area contributed by atoms with E-state index in [0.717, 1.165) is 82.6 Å². The van der Waals surface area contributed by atoms with Crippen molar-refractivity contribution in [1.29, 1.82) is 5.26 Å². The van der Waals surface area contributed by atoms with Gasteiger partial charge in [-0.05, 0) is 153 Å². The summed E-state index contributed by atoms with van der Waals surface area (Å²) in [5, 5.41) is 8.52. The Balaban J connectivity index is -0.000000162. The monoisotopic (exact) mass is 1220 g/mol. The number of fused-ring (bicyclic) bond motifs is 4. The molecule has 0 spiro atoms. The van der Waals surface area contributed by atoms with Crippen LogP contribution in [0, 0.1) is 77.6 Å². The average molecular weight is 1220 g/mol. The molecule has 67 heavy (non-hydrogen) atoms. The van der Waals surface area contributed by atoms with Crippen molar-refractivity contribution in [1.82, 2.24) is 9.57 Å². The van der Waals surface area contributed by atoms with Crippen molar-refractivity contribution in [2.45, 2.75) is 234 Å². The van der Waals surface area contributed by atoms with E-state index in [9.17, 15) is 0 Å². The molecule has 0 radical (unpaired) electrons. The summed E-state index contributed by atoms with van der Waals surface area (Å²) in [4.78, 5) is 2.46. The Bertz CT molecular complexity index is 972. The number of hydrogen-bond donors (Lipinski definition) is 0. The predicted molar refractivity (Wildman–Crippen MR) is 286 cm³/mol. The summed E-state index contributed by atoms with van der Waals surface area (Å²) in [6, 6.07) is 2.78. The van der Waals surface area contributed by atoms with Crippen LogP contribution in [0.4, 0.5) is 0 Å². The quantitative estimate of drug-likeness (QED) is 0.0413. The molecule has 6 saturated carbocycles. The molecule has 6 fully saturated rings. The summed E-state index contributed by atoms with van der Waals surface area (Å²) in [5.74, 6) is 2.10. The third-order valence-electron chi connectivity index (χ3n) is 13.5. The molecular formula is C56H114Fe2N3O4PW. The fourth-order valence-electron chi connectivity index (χ4n) is 10.5. The molecule has 0 amide bonds. The van der Waals surface area contributed by atoms with Crippen molar-refractivity contribution in [2.24, 2.45) is 22.7 Å². The molecule has 0 aromatic carbocycles. The molecule has 11 heteroatoms. The first-order valence-electron chi connectivity index (χ1n) is 25.9. The number of ether oxygens (including phenoxy) is 2. The van der Waals surface area contributed by atoms with Crippen LogP contribution in [0.3, 0.4) is 0 Å². The summed E-state index contributed by atoms with van der Waals surface area (Å²) < 4.78 is 25.7. The van der Waals surface area contributed by atoms with Crippen molar-refractivity contribution in [3.8, 4) is 6.07 Å². The summed E-state index contributed by atoms with van der Waals surface area (Å²) >= 11 is 0. The summed E-state index contributed by atoms with van der Waals surface area (Å²) in [6.07, 6.45) is 35.8. The second-order valence-corrected chi connectivity index (χ2v) is 20.3. The van der Waals surface area contributed by atoms with Crippen LogP contribution >= 0.6 is 8.53 Å². The first kappa shape index (κ1) is 82.4. The van der Waals surface area contributed by atoms with E-state index in [1.54, 1.807) is 0 Å². The minimum atomic E-state index is -1.08. The van der Waals surface area contributed by atoms with Gasteiger partial charge in [0.15, 0.2) is 0 Å². The first-order chi connectivity index (χ1) is 29.2. The molecule has 1 unspecified atom stereocenters. The van der Waals surface area contributed by atoms with E-state index in [1.165, 1.54) is 141 Å². The Kier molecular flexibility index (Phi) is 66.1. The first-order valence-corrected chi connectivity index (χ1v) is 27.1. The molecule has 7 nitrogen and oxygen atoms in total. The molecule has 6 rings (SSSR count). The third-order valence-corrected chi connectivity index (χ3v) is 15.6. The number of hydrogen-bond acceptors (Lipinski definition) is 7. The van der Waals surface area contributed by atoms with Crippen LogP contribution in [0.15, 0.2) is 0 Å². The van der Waals surface area contributed by atoms with E-state index in [-0.39, 0.29) is 84.9 Å². The van der Waals surface area contributed by atoms with Crippen molar-refractivity contribution in [2.75, 3.05) is 59.3 Å². The number of rotatable bonds is 24. The molecule has 0 saturated heterocycles. The fraction of sp³-hybridized carbons (Fsp3) is 0.875. The van der Waals surface area contributed by atoms with E-state index in [2.05, 4.69) is 57.2 Å². The Morgan fingerprint density at radius 2 is 0.985 bits per heavy atom. The second-order valence-electron chi connectivity index (χ2n) is 18.9. The van der Waals surface area contributed by atoms with Crippen LogP contribution in [0.1, 0.15) is 222 Å². The van der Waals surface area contributed by atoms with Gasteiger partial charge in [0, 0.05) is 38.5 Å². The van der Waals surface area contributed by atoms with Crippen LogP contribution in [0.5, 0.6) is 0 Å². The van der Waals surface area contributed by atoms with Gasteiger partial charge in [0.1, 0.15) is 0 Å². The molecule has 0 aliphatic heterocycles. The zero-order valence-corrected chi connectivity index (χ0v) is 52.5. The van der Waals surface area contributed by atoms with Crippen LogP contribution in [0.25, 0.3) is 0 Å². The Morgan fingerprint density at radius 1 is 0.597 bits per heavy atom. The molecule has 0 aromatic rings. The summed E-state index contributed by atoms with van der Waals surface area (Å²) in [7, 11) is -1.08. The van der Waals surface area contributed by atoms with Crippen LogP contribution < -0.4 is 0 Å². The Hall–Kier alpha value is 1.41. The van der Waals surface area contributed by atoms with Crippen LogP contribution in [-0.2, 0) is 73.7 Å². The zero-order chi connectivity index (χ0) is 44.3. The minimum Gasteiger partial charge on any atom is -0.381 e. The van der Waals surface area contributed by atoms with Gasteiger partial charge in [-0.15, -0.1) is 6.54 Å². The van der Waals surface area contributed by atoms with Crippen molar-refractivity contribution < 1.29 is 73.7 Å². The minimum absolute atomic E-state index is 0. The topological polar surface area (TPSA) is 67.2 Å². The van der Waals surface area contributed by atoms with Gasteiger partial charge in [0.05, 0.1) is 25.7 Å². The van der Waals surface area contributed by atoms with E-state index < -0.39 is 8.53 Å². The molecule has 0 heterocycles. The Labute approximate surface area is 460 Å². The number of nitrogens with zero attached hydrogens (tertiary/aromatic N) is 3. The molecule has 1 atom stereocenters. The maximum absolute atomic E-state index is 8.52. The van der Waals surface area contributed by atoms with Crippen molar-refractivity contribution in [3.63, 3.8) is 0 Å². The van der Waals surface area contributed by atoms with Gasteiger partial charge in [0.2, 0.25) is 0 Å². The molecule has 0 aromatic heterocycles. The van der Waals surface area contributed by atoms with Gasteiger partial charge in [-0.25, -0.2) is 4.67 Å². The van der Waals surface area contributed by atoms with Gasteiger partial charge in [0.25, 0.3) is 8.53 Å². The fourth-order valence-corrected chi connectivity index (χ4v) is 12.1. The van der Waals surface area contributed by atoms with Crippen LogP contribution in [-0.4, -0.2) is 80.9 Å². The summed E-state index contributed by atoms with van der Waals surface area (Å²) in [6.45, 7) is 32.3. The predicted octanol–water partition coefficient (Wildman–Crippen LogP) is 17.1. The summed E-state index contributed by atoms with van der Waals surface area (Å²) in [5.41, 5.74) is 1.31. The third kappa shape index (κ3) is 36.9. The Morgan fingerprint density at radius 3 is 1.34 bits per heavy atom. The molecule has 6 aliphatic rings. The molecule has 0 N–H and O–H groups in total. The van der Waals surface area contributed by atoms with Gasteiger partial charge >= 0.3 is 55.2 Å². The van der Waals surface area contributed by atoms with E-state index in [4.69, 9.17) is 23.8 Å². The SMILES string of the molecule is C1CCCC1.C1CCCC1.CC.CC.[CH2-]CCOP(OCCC#N)N(C(C)C)C(C)C.[CH2-]CN(CCCOCCCC12CCC(CC1)C2)CCCOCC12CCC(CC1)C2.[CH3-].[CH3-].[CH3-].[CH3-].[Fe+2].[Fe+2].[W+2]. The van der Waals surface area contributed by atoms with Gasteiger partial charge in [-0.3, -0.25) is 0 Å². The van der Waals surface area contributed by atoms with Gasteiger partial charge < -0.3 is 67.0 Å². The normalized spacial score (nSPS) is 22.5. The van der Waals surface area contributed by atoms with Gasteiger partial charge in [-0.1, -0.05) is 91.9 Å². The molecule has 6 aliphatic carbocycles. The maximum atomic E-state index is 8.52. The number of nitriles is 1. The average Bonchev–Trinajstić information content (AvgIpc) is 4.14.